The molecule has 4 aromatic carbocycles. The Labute approximate surface area is 239 Å². The number of hydrogen-bond donors (Lipinski definition) is 2. The SMILES string of the molecule is C[C@@H]1OC(c2ccccc2)=N[C@H]1CCOc1ccc(C[C@H](Nc2ccccc2C(=O)c2ccccc2)C(=O)O)cc1. The topological polar surface area (TPSA) is 97.2 Å². The van der Waals surface area contributed by atoms with Gasteiger partial charge in [0, 0.05) is 35.2 Å². The number of ether oxygens (including phenoxy) is 2. The number of carbonyl (C=O) groups excluding carboxylic acids is 1. The Balaban J connectivity index is 1.17. The van der Waals surface area contributed by atoms with E-state index in [1.54, 1.807) is 48.5 Å². The molecule has 0 fully saturated rings. The van der Waals surface area contributed by atoms with E-state index in [4.69, 9.17) is 14.5 Å². The lowest BCUT2D eigenvalue weighted by Crippen LogP contribution is -2.32. The fraction of sp³-hybridized carbons (Fsp3) is 0.206. The number of anilines is 1. The molecule has 4 aromatic rings. The first-order valence-corrected chi connectivity index (χ1v) is 13.7. The molecule has 1 aliphatic rings. The third kappa shape index (κ3) is 7.00. The van der Waals surface area contributed by atoms with Crippen LogP contribution in [0.25, 0.3) is 0 Å². The summed E-state index contributed by atoms with van der Waals surface area (Å²) in [5.41, 5.74) is 3.26. The van der Waals surface area contributed by atoms with Gasteiger partial charge >= 0.3 is 5.97 Å². The first-order chi connectivity index (χ1) is 20.0. The number of para-hydroxylation sites is 1. The first kappa shape index (κ1) is 27.6. The summed E-state index contributed by atoms with van der Waals surface area (Å²) in [4.78, 5) is 29.9. The van der Waals surface area contributed by atoms with E-state index >= 15 is 0 Å². The lowest BCUT2D eigenvalue weighted by atomic mass is 10.00. The fourth-order valence-electron chi connectivity index (χ4n) is 4.76. The van der Waals surface area contributed by atoms with Crippen molar-refractivity contribution in [2.24, 2.45) is 4.99 Å². The molecule has 41 heavy (non-hydrogen) atoms. The van der Waals surface area contributed by atoms with Gasteiger partial charge in [0.2, 0.25) is 5.90 Å². The zero-order chi connectivity index (χ0) is 28.6. The largest absolute Gasteiger partial charge is 0.494 e. The summed E-state index contributed by atoms with van der Waals surface area (Å²) in [6.45, 7) is 2.50. The predicted molar refractivity (Wildman–Crippen MR) is 159 cm³/mol. The van der Waals surface area contributed by atoms with E-state index in [2.05, 4.69) is 5.32 Å². The van der Waals surface area contributed by atoms with Gasteiger partial charge in [0.15, 0.2) is 5.78 Å². The molecular weight excluding hydrogens is 516 g/mol. The van der Waals surface area contributed by atoms with Crippen LogP contribution in [0, 0.1) is 0 Å². The Morgan fingerprint density at radius 2 is 1.56 bits per heavy atom. The number of carboxylic acid groups (broad SMARTS) is 1. The number of nitrogens with zero attached hydrogens (tertiary/aromatic N) is 1. The van der Waals surface area contributed by atoms with Crippen molar-refractivity contribution in [3.8, 4) is 5.75 Å². The molecule has 0 aliphatic carbocycles. The highest BCUT2D eigenvalue weighted by Crippen LogP contribution is 2.23. The van der Waals surface area contributed by atoms with E-state index in [1.165, 1.54) is 0 Å². The van der Waals surface area contributed by atoms with Gasteiger partial charge in [-0.05, 0) is 48.9 Å². The van der Waals surface area contributed by atoms with Crippen LogP contribution >= 0.6 is 0 Å². The summed E-state index contributed by atoms with van der Waals surface area (Å²) in [7, 11) is 0. The normalized spacial score (nSPS) is 16.8. The molecule has 1 heterocycles. The third-order valence-electron chi connectivity index (χ3n) is 7.02. The molecule has 0 radical (unpaired) electrons. The number of benzene rings is 4. The van der Waals surface area contributed by atoms with E-state index in [1.807, 2.05) is 67.6 Å². The Bertz CT molecular complexity index is 1500. The number of aliphatic imine (C=N–C) groups is 1. The lowest BCUT2D eigenvalue weighted by Gasteiger charge is -2.18. The molecule has 0 unspecified atom stereocenters. The van der Waals surface area contributed by atoms with Crippen molar-refractivity contribution >= 4 is 23.3 Å². The van der Waals surface area contributed by atoms with E-state index in [-0.39, 0.29) is 24.3 Å². The van der Waals surface area contributed by atoms with Crippen LogP contribution < -0.4 is 10.1 Å². The van der Waals surface area contributed by atoms with Gasteiger partial charge in [0.05, 0.1) is 12.6 Å². The van der Waals surface area contributed by atoms with Gasteiger partial charge in [-0.1, -0.05) is 72.8 Å². The second-order valence-corrected chi connectivity index (χ2v) is 9.95. The van der Waals surface area contributed by atoms with Crippen LogP contribution in [0.15, 0.2) is 114 Å². The Morgan fingerprint density at radius 1 is 0.902 bits per heavy atom. The molecule has 5 rings (SSSR count). The smallest absolute Gasteiger partial charge is 0.326 e. The second kappa shape index (κ2) is 13.0. The molecule has 1 aliphatic heterocycles. The minimum absolute atomic E-state index is 0.0172. The first-order valence-electron chi connectivity index (χ1n) is 13.7. The Hall–Kier alpha value is -4.91. The molecule has 7 heteroatoms. The Morgan fingerprint density at radius 3 is 2.27 bits per heavy atom. The minimum atomic E-state index is -1.00. The molecule has 0 bridgehead atoms. The van der Waals surface area contributed by atoms with Crippen LogP contribution in [-0.4, -0.2) is 47.6 Å². The number of ketones is 1. The zero-order valence-corrected chi connectivity index (χ0v) is 22.8. The van der Waals surface area contributed by atoms with Gasteiger partial charge in [0.1, 0.15) is 17.9 Å². The average molecular weight is 549 g/mol. The highest BCUT2D eigenvalue weighted by molar-refractivity contribution is 6.12. The van der Waals surface area contributed by atoms with E-state index in [0.717, 1.165) is 11.1 Å². The van der Waals surface area contributed by atoms with Gasteiger partial charge in [-0.15, -0.1) is 0 Å². The molecule has 0 aromatic heterocycles. The maximum Gasteiger partial charge on any atom is 0.326 e. The number of rotatable bonds is 12. The molecule has 0 saturated carbocycles. The van der Waals surface area contributed by atoms with Gasteiger partial charge < -0.3 is 19.9 Å². The van der Waals surface area contributed by atoms with Crippen molar-refractivity contribution in [2.45, 2.75) is 38.0 Å². The van der Waals surface area contributed by atoms with Crippen LogP contribution in [0.3, 0.4) is 0 Å². The monoisotopic (exact) mass is 548 g/mol. The van der Waals surface area contributed by atoms with Crippen molar-refractivity contribution in [1.82, 2.24) is 0 Å². The van der Waals surface area contributed by atoms with Crippen molar-refractivity contribution in [3.05, 3.63) is 131 Å². The summed E-state index contributed by atoms with van der Waals surface area (Å²) < 4.78 is 11.9. The van der Waals surface area contributed by atoms with Crippen LogP contribution in [0.2, 0.25) is 0 Å². The van der Waals surface area contributed by atoms with Gasteiger partial charge in [-0.25, -0.2) is 9.79 Å². The molecule has 3 atom stereocenters. The minimum Gasteiger partial charge on any atom is -0.494 e. The van der Waals surface area contributed by atoms with Gasteiger partial charge in [-0.3, -0.25) is 4.79 Å². The predicted octanol–water partition coefficient (Wildman–Crippen LogP) is 6.03. The van der Waals surface area contributed by atoms with Gasteiger partial charge in [0.25, 0.3) is 0 Å². The Kier molecular flexibility index (Phi) is 8.74. The van der Waals surface area contributed by atoms with Crippen molar-refractivity contribution < 1.29 is 24.2 Å². The molecule has 7 nitrogen and oxygen atoms in total. The summed E-state index contributed by atoms with van der Waals surface area (Å²) in [6, 6.07) is 32.3. The quantitative estimate of drug-likeness (QED) is 0.210. The molecule has 0 spiro atoms. The average Bonchev–Trinajstić information content (AvgIpc) is 3.38. The van der Waals surface area contributed by atoms with Crippen LogP contribution in [0.5, 0.6) is 5.75 Å². The third-order valence-corrected chi connectivity index (χ3v) is 7.02. The fourth-order valence-corrected chi connectivity index (χ4v) is 4.76. The van der Waals surface area contributed by atoms with Crippen molar-refractivity contribution in [2.75, 3.05) is 11.9 Å². The summed E-state index contributed by atoms with van der Waals surface area (Å²) in [5, 5.41) is 13.0. The van der Waals surface area contributed by atoms with E-state index in [0.29, 0.717) is 41.5 Å². The highest BCUT2D eigenvalue weighted by atomic mass is 16.5. The summed E-state index contributed by atoms with van der Waals surface area (Å²) in [5.74, 6) is 0.197. The maximum absolute atomic E-state index is 13.1. The van der Waals surface area contributed by atoms with Crippen molar-refractivity contribution in [3.63, 3.8) is 0 Å². The zero-order valence-electron chi connectivity index (χ0n) is 22.8. The van der Waals surface area contributed by atoms with Gasteiger partial charge in [-0.2, -0.15) is 0 Å². The van der Waals surface area contributed by atoms with Crippen LogP contribution in [0.4, 0.5) is 5.69 Å². The molecule has 0 saturated heterocycles. The standard InChI is InChI=1S/C34H32N2O5/c1-23-29(36-33(41-23)26-12-6-3-7-13-26)20-21-40-27-18-16-24(17-19-27)22-31(34(38)39)35-30-15-9-8-14-28(30)32(37)25-10-4-2-5-11-25/h2-19,23,29,31,35H,20-22H2,1H3,(H,38,39)/t23-,29-,31-/m0/s1. The lowest BCUT2D eigenvalue weighted by molar-refractivity contribution is -0.137. The molecule has 208 valence electrons. The molecule has 2 N–H and O–H groups in total. The molecular formula is C34H32N2O5. The summed E-state index contributed by atoms with van der Waals surface area (Å²) >= 11 is 0. The maximum atomic E-state index is 13.1. The molecule has 0 amide bonds. The highest BCUT2D eigenvalue weighted by Gasteiger charge is 2.27. The van der Waals surface area contributed by atoms with Crippen molar-refractivity contribution in [1.29, 1.82) is 0 Å². The second-order valence-electron chi connectivity index (χ2n) is 9.95. The van der Waals surface area contributed by atoms with Crippen LogP contribution in [0.1, 0.15) is 40.4 Å². The number of carbonyl (C=O) groups is 2. The van der Waals surface area contributed by atoms with E-state index in [9.17, 15) is 14.7 Å². The number of hydrogen-bond acceptors (Lipinski definition) is 6. The van der Waals surface area contributed by atoms with Crippen LogP contribution in [-0.2, 0) is 16.0 Å². The number of carboxylic acids is 1. The summed E-state index contributed by atoms with van der Waals surface area (Å²) in [6.07, 6.45) is 0.924. The number of aliphatic carboxylic acids is 1. The van der Waals surface area contributed by atoms with E-state index < -0.39 is 12.0 Å². The number of nitrogens with one attached hydrogen (secondary N) is 1.